The molecule has 0 aromatic carbocycles. The molecule has 0 atom stereocenters. The molecular weight excluding hydrogens is 114 g/mol. The standard InChI is InChI=1S/C4H4B2N2O/c5-4(6,9)3-1-2-7-8-3/h1-2,9H,(H,7,8). The Labute approximate surface area is 55.3 Å². The topological polar surface area (TPSA) is 48.9 Å². The summed E-state index contributed by atoms with van der Waals surface area (Å²) in [7, 11) is 10.1. The zero-order valence-electron chi connectivity index (χ0n) is 4.70. The maximum Gasteiger partial charge on any atom is 0.107 e. The van der Waals surface area contributed by atoms with E-state index in [0.29, 0.717) is 5.69 Å². The maximum atomic E-state index is 8.86. The van der Waals surface area contributed by atoms with Gasteiger partial charge in [0.1, 0.15) is 15.7 Å². The molecule has 1 heterocycles. The van der Waals surface area contributed by atoms with Gasteiger partial charge in [-0.05, 0) is 6.07 Å². The van der Waals surface area contributed by atoms with Crippen LogP contribution in [0.5, 0.6) is 0 Å². The molecule has 5 heteroatoms. The van der Waals surface area contributed by atoms with Gasteiger partial charge in [0.15, 0.2) is 0 Å². The first-order valence-corrected chi connectivity index (χ1v) is 2.40. The van der Waals surface area contributed by atoms with Crippen LogP contribution in [-0.4, -0.2) is 31.0 Å². The molecule has 9 heavy (non-hydrogen) atoms. The van der Waals surface area contributed by atoms with E-state index in [1.54, 1.807) is 0 Å². The second kappa shape index (κ2) is 1.92. The monoisotopic (exact) mass is 118 g/mol. The van der Waals surface area contributed by atoms with Crippen molar-refractivity contribution >= 4 is 15.7 Å². The number of aliphatic hydroxyl groups is 1. The van der Waals surface area contributed by atoms with Crippen LogP contribution < -0.4 is 0 Å². The molecule has 42 valence electrons. The van der Waals surface area contributed by atoms with Crippen LogP contribution in [0.2, 0.25) is 0 Å². The fourth-order valence-electron chi connectivity index (χ4n) is 0.479. The van der Waals surface area contributed by atoms with E-state index in [0.717, 1.165) is 0 Å². The molecule has 0 fully saturated rings. The van der Waals surface area contributed by atoms with Gasteiger partial charge in [-0.25, -0.2) is 0 Å². The largest absolute Gasteiger partial charge is 0.403 e. The Balaban J connectivity index is 2.90. The van der Waals surface area contributed by atoms with Crippen LogP contribution in [0.3, 0.4) is 0 Å². The van der Waals surface area contributed by atoms with Gasteiger partial charge in [0.25, 0.3) is 0 Å². The fraction of sp³-hybridized carbons (Fsp3) is 0.250. The number of aromatic amines is 1. The molecule has 0 saturated carbocycles. The first-order chi connectivity index (χ1) is 4.11. The Morgan fingerprint density at radius 1 is 1.67 bits per heavy atom. The lowest BCUT2D eigenvalue weighted by atomic mass is 9.63. The average Bonchev–Trinajstić information content (AvgIpc) is 2.08. The van der Waals surface area contributed by atoms with Crippen molar-refractivity contribution in [2.45, 2.75) is 5.40 Å². The Morgan fingerprint density at radius 2 is 2.33 bits per heavy atom. The van der Waals surface area contributed by atoms with Crippen molar-refractivity contribution in [2.75, 3.05) is 0 Å². The van der Waals surface area contributed by atoms with E-state index < -0.39 is 5.40 Å². The molecule has 0 aliphatic carbocycles. The highest BCUT2D eigenvalue weighted by molar-refractivity contribution is 6.38. The third kappa shape index (κ3) is 1.36. The SMILES string of the molecule is [B]C([B])(O)c1ccn[nH]1. The minimum absolute atomic E-state index is 0.294. The Kier molecular flexibility index (Phi) is 1.37. The van der Waals surface area contributed by atoms with Crippen LogP contribution in [0.4, 0.5) is 0 Å². The predicted molar refractivity (Wildman–Crippen MR) is 34.0 cm³/mol. The van der Waals surface area contributed by atoms with Crippen LogP contribution in [0, 0.1) is 0 Å². The number of rotatable bonds is 1. The molecule has 0 unspecified atom stereocenters. The summed E-state index contributed by atoms with van der Waals surface area (Å²) < 4.78 is 0. The lowest BCUT2D eigenvalue weighted by molar-refractivity contribution is 0.211. The first-order valence-electron chi connectivity index (χ1n) is 2.40. The van der Waals surface area contributed by atoms with Crippen molar-refractivity contribution in [3.8, 4) is 0 Å². The molecule has 4 radical (unpaired) electrons. The average molecular weight is 118 g/mol. The second-order valence-electron chi connectivity index (χ2n) is 1.80. The minimum atomic E-state index is -1.80. The Morgan fingerprint density at radius 3 is 2.56 bits per heavy atom. The highest BCUT2D eigenvalue weighted by Gasteiger charge is 2.15. The number of hydrogen-bond donors (Lipinski definition) is 2. The van der Waals surface area contributed by atoms with E-state index in [2.05, 4.69) is 10.2 Å². The summed E-state index contributed by atoms with van der Waals surface area (Å²) in [5.74, 6) is 0. The molecule has 0 bridgehead atoms. The normalized spacial score (nSPS) is 11.7. The zero-order chi connectivity index (χ0) is 6.91. The van der Waals surface area contributed by atoms with Gasteiger partial charge in [-0.2, -0.15) is 5.10 Å². The number of aromatic nitrogens is 2. The minimum Gasteiger partial charge on any atom is -0.403 e. The van der Waals surface area contributed by atoms with Crippen molar-refractivity contribution in [3.05, 3.63) is 18.0 Å². The van der Waals surface area contributed by atoms with Gasteiger partial charge in [-0.15, -0.1) is 0 Å². The molecule has 0 saturated heterocycles. The van der Waals surface area contributed by atoms with Gasteiger partial charge >= 0.3 is 0 Å². The molecule has 0 aliphatic heterocycles. The van der Waals surface area contributed by atoms with Gasteiger partial charge in [0.2, 0.25) is 0 Å². The molecular formula is C4H4B2N2O. The maximum absolute atomic E-state index is 8.86. The van der Waals surface area contributed by atoms with Gasteiger partial charge in [-0.1, -0.05) is 0 Å². The van der Waals surface area contributed by atoms with E-state index in [4.69, 9.17) is 20.8 Å². The number of nitrogens with zero attached hydrogens (tertiary/aromatic N) is 1. The first kappa shape index (κ1) is 6.42. The number of nitrogens with one attached hydrogen (secondary N) is 1. The van der Waals surface area contributed by atoms with Gasteiger partial charge < -0.3 is 5.11 Å². The van der Waals surface area contributed by atoms with Crippen molar-refractivity contribution in [1.29, 1.82) is 0 Å². The highest BCUT2D eigenvalue weighted by Crippen LogP contribution is 2.07. The van der Waals surface area contributed by atoms with Crippen molar-refractivity contribution < 1.29 is 5.11 Å². The van der Waals surface area contributed by atoms with Crippen LogP contribution in [0.25, 0.3) is 0 Å². The van der Waals surface area contributed by atoms with E-state index in [-0.39, 0.29) is 0 Å². The van der Waals surface area contributed by atoms with Crippen LogP contribution in [-0.2, 0) is 5.40 Å². The van der Waals surface area contributed by atoms with Gasteiger partial charge in [-0.3, -0.25) is 5.10 Å². The van der Waals surface area contributed by atoms with Crippen molar-refractivity contribution in [2.24, 2.45) is 0 Å². The zero-order valence-corrected chi connectivity index (χ0v) is 4.70. The molecule has 1 rings (SSSR count). The van der Waals surface area contributed by atoms with Crippen LogP contribution in [0.15, 0.2) is 12.3 Å². The molecule has 1 aromatic rings. The van der Waals surface area contributed by atoms with Crippen LogP contribution in [0.1, 0.15) is 5.69 Å². The second-order valence-corrected chi connectivity index (χ2v) is 1.80. The lowest BCUT2D eigenvalue weighted by Crippen LogP contribution is -2.26. The fourth-order valence-corrected chi connectivity index (χ4v) is 0.479. The van der Waals surface area contributed by atoms with Crippen LogP contribution >= 0.6 is 0 Å². The van der Waals surface area contributed by atoms with Crippen molar-refractivity contribution in [1.82, 2.24) is 10.2 Å². The smallest absolute Gasteiger partial charge is 0.107 e. The summed E-state index contributed by atoms with van der Waals surface area (Å²) in [5, 5.41) is 13.0. The molecule has 0 spiro atoms. The summed E-state index contributed by atoms with van der Waals surface area (Å²) >= 11 is 0. The van der Waals surface area contributed by atoms with Gasteiger partial charge in [0.05, 0.1) is 0 Å². The summed E-state index contributed by atoms with van der Waals surface area (Å²) in [6.45, 7) is 0. The van der Waals surface area contributed by atoms with E-state index in [1.165, 1.54) is 12.3 Å². The molecule has 2 N–H and O–H groups in total. The number of hydrogen-bond acceptors (Lipinski definition) is 2. The third-order valence-corrected chi connectivity index (χ3v) is 0.932. The lowest BCUT2D eigenvalue weighted by Gasteiger charge is -2.14. The summed E-state index contributed by atoms with van der Waals surface area (Å²) in [6.07, 6.45) is 1.46. The summed E-state index contributed by atoms with van der Waals surface area (Å²) in [5.41, 5.74) is 0.294. The predicted octanol–water partition coefficient (Wildman–Crippen LogP) is -1.15. The molecule has 3 nitrogen and oxygen atoms in total. The highest BCUT2D eigenvalue weighted by atomic mass is 16.3. The summed E-state index contributed by atoms with van der Waals surface area (Å²) in [6, 6.07) is 1.50. The quantitative estimate of drug-likeness (QED) is 0.457. The van der Waals surface area contributed by atoms with E-state index in [9.17, 15) is 0 Å². The molecule has 0 amide bonds. The third-order valence-electron chi connectivity index (χ3n) is 0.932. The Hall–Kier alpha value is -0.700. The molecule has 1 aromatic heterocycles. The van der Waals surface area contributed by atoms with E-state index >= 15 is 0 Å². The van der Waals surface area contributed by atoms with E-state index in [1.807, 2.05) is 0 Å². The Bertz CT molecular complexity index is 179. The van der Waals surface area contributed by atoms with Gasteiger partial charge in [0, 0.05) is 17.3 Å². The van der Waals surface area contributed by atoms with Crippen molar-refractivity contribution in [3.63, 3.8) is 0 Å². The molecule has 0 aliphatic rings. The number of H-pyrrole nitrogens is 1. The summed E-state index contributed by atoms with van der Waals surface area (Å²) in [4.78, 5) is 0.